The van der Waals surface area contributed by atoms with Crippen molar-refractivity contribution in [2.45, 2.75) is 57.5 Å². The Morgan fingerprint density at radius 1 is 1.30 bits per heavy atom. The van der Waals surface area contributed by atoms with Gasteiger partial charge >= 0.3 is 0 Å². The van der Waals surface area contributed by atoms with Gasteiger partial charge in [-0.3, -0.25) is 9.88 Å². The molecule has 0 saturated heterocycles. The van der Waals surface area contributed by atoms with Gasteiger partial charge in [0, 0.05) is 24.0 Å². The van der Waals surface area contributed by atoms with Gasteiger partial charge in [0.1, 0.15) is 0 Å². The summed E-state index contributed by atoms with van der Waals surface area (Å²) in [6, 6.07) is 4.75. The fourth-order valence-corrected chi connectivity index (χ4v) is 4.04. The molecule has 1 aliphatic carbocycles. The molecule has 1 saturated carbocycles. The Labute approximate surface area is 123 Å². The number of nitrogens with zero attached hydrogens (tertiary/aromatic N) is 2. The fourth-order valence-electron chi connectivity index (χ4n) is 4.04. The van der Waals surface area contributed by atoms with Crippen molar-refractivity contribution in [3.05, 3.63) is 30.1 Å². The molecule has 1 unspecified atom stereocenters. The average Bonchev–Trinajstić information content (AvgIpc) is 2.97. The van der Waals surface area contributed by atoms with Crippen LogP contribution in [0.5, 0.6) is 0 Å². The third kappa shape index (κ3) is 3.04. The maximum atomic E-state index is 4.27. The van der Waals surface area contributed by atoms with E-state index in [1.54, 1.807) is 0 Å². The largest absolute Gasteiger partial charge is 0.315 e. The number of hydrogen-bond donors (Lipinski definition) is 1. The third-order valence-electron chi connectivity index (χ3n) is 5.02. The normalized spacial score (nSPS) is 19.4. The minimum atomic E-state index is 0.327. The average molecular weight is 275 g/mol. The van der Waals surface area contributed by atoms with Crippen molar-refractivity contribution >= 4 is 0 Å². The molecule has 1 aromatic rings. The van der Waals surface area contributed by atoms with Crippen molar-refractivity contribution in [2.75, 3.05) is 20.1 Å². The monoisotopic (exact) mass is 275 g/mol. The molecule has 3 nitrogen and oxygen atoms in total. The number of rotatable bonds is 7. The molecule has 0 spiro atoms. The summed E-state index contributed by atoms with van der Waals surface area (Å²) in [7, 11) is 2.12. The molecule has 2 rings (SSSR count). The number of likely N-dealkylation sites (N-methyl/N-ethyl adjacent to an activating group) is 2. The Hall–Kier alpha value is -0.930. The standard InChI is InChI=1S/C17H29N3/c1-4-20(5-2)17(10-6-7-11-17)16(18-3)13-15-9-8-12-19-14-15/h8-9,12,14,16,18H,4-7,10-11,13H2,1-3H3. The quantitative estimate of drug-likeness (QED) is 0.829. The second kappa shape index (κ2) is 7.19. The van der Waals surface area contributed by atoms with Crippen LogP contribution >= 0.6 is 0 Å². The maximum absolute atomic E-state index is 4.27. The van der Waals surface area contributed by atoms with E-state index in [4.69, 9.17) is 0 Å². The summed E-state index contributed by atoms with van der Waals surface area (Å²) in [6.45, 7) is 6.87. The summed E-state index contributed by atoms with van der Waals surface area (Å²) >= 11 is 0. The number of aromatic nitrogens is 1. The number of nitrogens with one attached hydrogen (secondary N) is 1. The van der Waals surface area contributed by atoms with Gasteiger partial charge in [0.15, 0.2) is 0 Å². The van der Waals surface area contributed by atoms with Crippen LogP contribution in [-0.4, -0.2) is 41.6 Å². The zero-order chi connectivity index (χ0) is 14.4. The number of hydrogen-bond acceptors (Lipinski definition) is 3. The van der Waals surface area contributed by atoms with Gasteiger partial charge < -0.3 is 5.32 Å². The van der Waals surface area contributed by atoms with Crippen molar-refractivity contribution in [1.82, 2.24) is 15.2 Å². The van der Waals surface area contributed by atoms with E-state index in [0.29, 0.717) is 11.6 Å². The van der Waals surface area contributed by atoms with Crippen LogP contribution in [0.2, 0.25) is 0 Å². The molecule has 1 heterocycles. The molecule has 3 heteroatoms. The molecule has 0 aromatic carbocycles. The first-order valence-corrected chi connectivity index (χ1v) is 8.08. The highest BCUT2D eigenvalue weighted by Crippen LogP contribution is 2.39. The van der Waals surface area contributed by atoms with Crippen molar-refractivity contribution in [2.24, 2.45) is 0 Å². The Bertz CT molecular complexity index is 380. The first-order valence-electron chi connectivity index (χ1n) is 8.08. The lowest BCUT2D eigenvalue weighted by molar-refractivity contribution is 0.0658. The van der Waals surface area contributed by atoms with E-state index >= 15 is 0 Å². The minimum absolute atomic E-state index is 0.327. The fraction of sp³-hybridized carbons (Fsp3) is 0.706. The molecule has 1 N–H and O–H groups in total. The van der Waals surface area contributed by atoms with Gasteiger partial charge in [-0.2, -0.15) is 0 Å². The van der Waals surface area contributed by atoms with Crippen LogP contribution in [0.25, 0.3) is 0 Å². The zero-order valence-electron chi connectivity index (χ0n) is 13.2. The van der Waals surface area contributed by atoms with Gasteiger partial charge in [-0.1, -0.05) is 32.8 Å². The predicted octanol–water partition coefficient (Wildman–Crippen LogP) is 2.87. The van der Waals surface area contributed by atoms with Gasteiger partial charge in [0.2, 0.25) is 0 Å². The molecule has 1 aromatic heterocycles. The Morgan fingerprint density at radius 3 is 2.50 bits per heavy atom. The van der Waals surface area contributed by atoms with E-state index in [2.05, 4.69) is 42.2 Å². The Morgan fingerprint density at radius 2 is 2.00 bits per heavy atom. The van der Waals surface area contributed by atoms with E-state index in [0.717, 1.165) is 19.5 Å². The smallest absolute Gasteiger partial charge is 0.0365 e. The molecule has 0 amide bonds. The molecule has 0 aliphatic heterocycles. The molecule has 20 heavy (non-hydrogen) atoms. The first kappa shape index (κ1) is 15.5. The van der Waals surface area contributed by atoms with Gasteiger partial charge in [0.25, 0.3) is 0 Å². The van der Waals surface area contributed by atoms with Gasteiger partial charge in [-0.15, -0.1) is 0 Å². The number of pyridine rings is 1. The summed E-state index contributed by atoms with van der Waals surface area (Å²) in [5.74, 6) is 0. The van der Waals surface area contributed by atoms with Crippen LogP contribution in [0.4, 0.5) is 0 Å². The van der Waals surface area contributed by atoms with Crippen LogP contribution < -0.4 is 5.32 Å². The van der Waals surface area contributed by atoms with E-state index in [1.165, 1.54) is 31.2 Å². The highest BCUT2D eigenvalue weighted by atomic mass is 15.2. The van der Waals surface area contributed by atoms with E-state index in [9.17, 15) is 0 Å². The van der Waals surface area contributed by atoms with E-state index in [-0.39, 0.29) is 0 Å². The van der Waals surface area contributed by atoms with Crippen molar-refractivity contribution in [3.8, 4) is 0 Å². The first-order chi connectivity index (χ1) is 9.76. The maximum Gasteiger partial charge on any atom is 0.0365 e. The highest BCUT2D eigenvalue weighted by molar-refractivity contribution is 5.14. The van der Waals surface area contributed by atoms with E-state index in [1.807, 2.05) is 18.5 Å². The molecule has 1 fully saturated rings. The predicted molar refractivity (Wildman–Crippen MR) is 84.9 cm³/mol. The lowest BCUT2D eigenvalue weighted by atomic mass is 9.82. The summed E-state index contributed by atoms with van der Waals surface area (Å²) < 4.78 is 0. The van der Waals surface area contributed by atoms with Crippen LogP contribution in [0, 0.1) is 0 Å². The van der Waals surface area contributed by atoms with Crippen molar-refractivity contribution < 1.29 is 0 Å². The van der Waals surface area contributed by atoms with Crippen molar-refractivity contribution in [3.63, 3.8) is 0 Å². The van der Waals surface area contributed by atoms with Crippen LogP contribution in [0.15, 0.2) is 24.5 Å². The SMILES string of the molecule is CCN(CC)C1(C(Cc2cccnc2)NC)CCCC1. The lowest BCUT2D eigenvalue weighted by Gasteiger charge is -2.46. The van der Waals surface area contributed by atoms with Gasteiger partial charge in [-0.05, 0) is 51.0 Å². The molecule has 1 aliphatic rings. The summed E-state index contributed by atoms with van der Waals surface area (Å²) in [5.41, 5.74) is 1.67. The highest BCUT2D eigenvalue weighted by Gasteiger charge is 2.44. The zero-order valence-corrected chi connectivity index (χ0v) is 13.2. The molecule has 0 bridgehead atoms. The second-order valence-electron chi connectivity index (χ2n) is 5.89. The molecule has 112 valence electrons. The van der Waals surface area contributed by atoms with Crippen LogP contribution in [-0.2, 0) is 6.42 Å². The van der Waals surface area contributed by atoms with Gasteiger partial charge in [-0.25, -0.2) is 0 Å². The van der Waals surface area contributed by atoms with Crippen LogP contribution in [0.3, 0.4) is 0 Å². The Kier molecular flexibility index (Phi) is 5.55. The summed E-state index contributed by atoms with van der Waals surface area (Å²) in [6.07, 6.45) is 10.3. The molecular weight excluding hydrogens is 246 g/mol. The summed E-state index contributed by atoms with van der Waals surface area (Å²) in [4.78, 5) is 6.94. The van der Waals surface area contributed by atoms with E-state index < -0.39 is 0 Å². The Balaban J connectivity index is 2.21. The lowest BCUT2D eigenvalue weighted by Crippen LogP contribution is -2.60. The van der Waals surface area contributed by atoms with Crippen LogP contribution in [0.1, 0.15) is 45.1 Å². The van der Waals surface area contributed by atoms with Gasteiger partial charge in [0.05, 0.1) is 0 Å². The summed E-state index contributed by atoms with van der Waals surface area (Å²) in [5, 5.41) is 3.61. The molecular formula is C17H29N3. The van der Waals surface area contributed by atoms with Crippen molar-refractivity contribution in [1.29, 1.82) is 0 Å². The molecule has 1 atom stereocenters. The second-order valence-corrected chi connectivity index (χ2v) is 5.89. The topological polar surface area (TPSA) is 28.2 Å². The minimum Gasteiger partial charge on any atom is -0.315 e. The third-order valence-corrected chi connectivity index (χ3v) is 5.02. The molecule has 0 radical (unpaired) electrons.